The Balaban J connectivity index is 2.06. The average Bonchev–Trinajstić information content (AvgIpc) is 2.39. The molecular formula is C13H17BFNO3. The van der Waals surface area contributed by atoms with Gasteiger partial charge in [-0.1, -0.05) is 25.3 Å². The maximum atomic E-state index is 13.7. The van der Waals surface area contributed by atoms with Crippen molar-refractivity contribution in [2.75, 3.05) is 0 Å². The summed E-state index contributed by atoms with van der Waals surface area (Å²) in [5.74, 6) is -1.18. The molecule has 3 N–H and O–H groups in total. The number of amides is 1. The van der Waals surface area contributed by atoms with Crippen LogP contribution in [0.15, 0.2) is 18.2 Å². The van der Waals surface area contributed by atoms with Crippen molar-refractivity contribution in [1.29, 1.82) is 0 Å². The maximum absolute atomic E-state index is 13.7. The number of carbonyl (C=O) groups excluding carboxylic acids is 1. The van der Waals surface area contributed by atoms with Gasteiger partial charge in [-0.25, -0.2) is 4.39 Å². The quantitative estimate of drug-likeness (QED) is 0.700. The summed E-state index contributed by atoms with van der Waals surface area (Å²) in [6.45, 7) is 0. The minimum absolute atomic E-state index is 0.0340. The van der Waals surface area contributed by atoms with Crippen molar-refractivity contribution in [3.63, 3.8) is 0 Å². The monoisotopic (exact) mass is 265 g/mol. The van der Waals surface area contributed by atoms with Gasteiger partial charge in [0.25, 0.3) is 5.91 Å². The molecule has 1 saturated carbocycles. The van der Waals surface area contributed by atoms with Gasteiger partial charge in [-0.2, -0.15) is 0 Å². The van der Waals surface area contributed by atoms with E-state index in [0.717, 1.165) is 31.7 Å². The summed E-state index contributed by atoms with van der Waals surface area (Å²) in [6.07, 6.45) is 5.22. The van der Waals surface area contributed by atoms with Crippen LogP contribution in [-0.4, -0.2) is 29.1 Å². The normalized spacial score (nSPS) is 16.2. The number of nitrogens with one attached hydrogen (secondary N) is 1. The van der Waals surface area contributed by atoms with E-state index in [9.17, 15) is 9.18 Å². The minimum atomic E-state index is -1.73. The second kappa shape index (κ2) is 6.17. The molecule has 0 heterocycles. The largest absolute Gasteiger partial charge is 0.488 e. The van der Waals surface area contributed by atoms with Crippen molar-refractivity contribution in [3.8, 4) is 0 Å². The van der Waals surface area contributed by atoms with Crippen molar-refractivity contribution >= 4 is 18.5 Å². The Labute approximate surface area is 111 Å². The highest BCUT2D eigenvalue weighted by Gasteiger charge is 2.20. The molecule has 0 atom stereocenters. The first kappa shape index (κ1) is 14.0. The van der Waals surface area contributed by atoms with Crippen LogP contribution in [0.3, 0.4) is 0 Å². The van der Waals surface area contributed by atoms with Gasteiger partial charge in [-0.15, -0.1) is 0 Å². The smallest absolute Gasteiger partial charge is 0.423 e. The Morgan fingerprint density at radius 1 is 1.26 bits per heavy atom. The zero-order valence-corrected chi connectivity index (χ0v) is 10.6. The van der Waals surface area contributed by atoms with Crippen LogP contribution in [0.4, 0.5) is 4.39 Å². The van der Waals surface area contributed by atoms with Gasteiger partial charge in [0.15, 0.2) is 0 Å². The highest BCUT2D eigenvalue weighted by molar-refractivity contribution is 6.58. The van der Waals surface area contributed by atoms with E-state index in [0.29, 0.717) is 0 Å². The van der Waals surface area contributed by atoms with Crippen molar-refractivity contribution in [1.82, 2.24) is 5.32 Å². The van der Waals surface area contributed by atoms with Crippen molar-refractivity contribution < 1.29 is 19.2 Å². The first-order chi connectivity index (χ1) is 9.08. The summed E-state index contributed by atoms with van der Waals surface area (Å²) >= 11 is 0. The van der Waals surface area contributed by atoms with E-state index in [1.807, 2.05) is 0 Å². The lowest BCUT2D eigenvalue weighted by Gasteiger charge is -2.22. The second-order valence-corrected chi connectivity index (χ2v) is 4.92. The van der Waals surface area contributed by atoms with Crippen LogP contribution in [0.5, 0.6) is 0 Å². The summed E-state index contributed by atoms with van der Waals surface area (Å²) < 4.78 is 13.7. The lowest BCUT2D eigenvalue weighted by molar-refractivity contribution is 0.0923. The van der Waals surface area contributed by atoms with Crippen molar-refractivity contribution in [2.45, 2.75) is 38.1 Å². The van der Waals surface area contributed by atoms with E-state index in [1.54, 1.807) is 0 Å². The predicted octanol–water partition coefficient (Wildman–Crippen LogP) is 0.568. The summed E-state index contributed by atoms with van der Waals surface area (Å²) in [5, 5.41) is 20.7. The van der Waals surface area contributed by atoms with Gasteiger partial charge in [-0.05, 0) is 30.4 Å². The van der Waals surface area contributed by atoms with Crippen LogP contribution in [0, 0.1) is 5.82 Å². The highest BCUT2D eigenvalue weighted by atomic mass is 19.1. The number of hydrogen-bond donors (Lipinski definition) is 3. The topological polar surface area (TPSA) is 69.6 Å². The molecule has 1 aliphatic carbocycles. The lowest BCUT2D eigenvalue weighted by atomic mass is 9.80. The fraction of sp³-hybridized carbons (Fsp3) is 0.462. The van der Waals surface area contributed by atoms with E-state index in [-0.39, 0.29) is 17.1 Å². The third kappa shape index (κ3) is 3.55. The molecule has 0 aromatic heterocycles. The summed E-state index contributed by atoms with van der Waals surface area (Å²) in [4.78, 5) is 11.9. The summed E-state index contributed by atoms with van der Waals surface area (Å²) in [5.41, 5.74) is -0.0262. The molecule has 0 bridgehead atoms. The van der Waals surface area contributed by atoms with Crippen LogP contribution < -0.4 is 10.8 Å². The zero-order valence-electron chi connectivity index (χ0n) is 10.6. The molecule has 0 aliphatic heterocycles. The van der Waals surface area contributed by atoms with Crippen molar-refractivity contribution in [3.05, 3.63) is 29.6 Å². The van der Waals surface area contributed by atoms with Gasteiger partial charge in [0, 0.05) is 6.04 Å². The zero-order chi connectivity index (χ0) is 13.8. The molecule has 1 aliphatic rings. The van der Waals surface area contributed by atoms with E-state index in [2.05, 4.69) is 5.32 Å². The highest BCUT2D eigenvalue weighted by Crippen LogP contribution is 2.18. The van der Waals surface area contributed by atoms with Crippen LogP contribution in [0.1, 0.15) is 42.5 Å². The van der Waals surface area contributed by atoms with Crippen LogP contribution in [-0.2, 0) is 0 Å². The van der Waals surface area contributed by atoms with E-state index >= 15 is 0 Å². The minimum Gasteiger partial charge on any atom is -0.423 e. The standard InChI is InChI=1S/C13H17BFNO3/c15-12-8-9(14(18)19)6-7-11(12)13(17)16-10-4-2-1-3-5-10/h6-8,10,18-19H,1-5H2,(H,16,17). The fourth-order valence-electron chi connectivity index (χ4n) is 2.39. The molecule has 0 unspecified atom stereocenters. The Morgan fingerprint density at radius 3 is 2.53 bits per heavy atom. The molecule has 1 amide bonds. The molecule has 0 spiro atoms. The van der Waals surface area contributed by atoms with E-state index in [4.69, 9.17) is 10.0 Å². The number of carbonyl (C=O) groups is 1. The Bertz CT molecular complexity index is 461. The number of rotatable bonds is 3. The van der Waals surface area contributed by atoms with Gasteiger partial charge >= 0.3 is 7.12 Å². The van der Waals surface area contributed by atoms with Gasteiger partial charge in [0.2, 0.25) is 0 Å². The van der Waals surface area contributed by atoms with Crippen LogP contribution in [0.25, 0.3) is 0 Å². The molecule has 1 fully saturated rings. The fourth-order valence-corrected chi connectivity index (χ4v) is 2.39. The van der Waals surface area contributed by atoms with E-state index in [1.165, 1.54) is 18.6 Å². The maximum Gasteiger partial charge on any atom is 0.488 e. The molecule has 1 aromatic rings. The third-order valence-corrected chi connectivity index (χ3v) is 3.48. The molecule has 0 radical (unpaired) electrons. The summed E-state index contributed by atoms with van der Waals surface area (Å²) in [7, 11) is -1.73. The van der Waals surface area contributed by atoms with Crippen molar-refractivity contribution in [2.24, 2.45) is 0 Å². The Kier molecular flexibility index (Phi) is 4.55. The number of benzene rings is 1. The molecular weight excluding hydrogens is 248 g/mol. The van der Waals surface area contributed by atoms with E-state index < -0.39 is 18.8 Å². The number of hydrogen-bond acceptors (Lipinski definition) is 3. The SMILES string of the molecule is O=C(NC1CCCCC1)c1ccc(B(O)O)cc1F. The molecule has 0 saturated heterocycles. The second-order valence-electron chi connectivity index (χ2n) is 4.92. The number of halogens is 1. The Morgan fingerprint density at radius 2 is 1.95 bits per heavy atom. The Hall–Kier alpha value is -1.40. The summed E-state index contributed by atoms with van der Waals surface area (Å²) in [6, 6.07) is 3.70. The molecule has 19 heavy (non-hydrogen) atoms. The van der Waals surface area contributed by atoms with Gasteiger partial charge in [0.05, 0.1) is 5.56 Å². The van der Waals surface area contributed by atoms with Gasteiger partial charge < -0.3 is 15.4 Å². The first-order valence-corrected chi connectivity index (χ1v) is 6.54. The molecule has 102 valence electrons. The molecule has 6 heteroatoms. The molecule has 4 nitrogen and oxygen atoms in total. The van der Waals surface area contributed by atoms with Crippen LogP contribution in [0.2, 0.25) is 0 Å². The third-order valence-electron chi connectivity index (χ3n) is 3.48. The first-order valence-electron chi connectivity index (χ1n) is 6.54. The average molecular weight is 265 g/mol. The molecule has 2 rings (SSSR count). The lowest BCUT2D eigenvalue weighted by Crippen LogP contribution is -2.37. The van der Waals surface area contributed by atoms with Gasteiger partial charge in [0.1, 0.15) is 5.82 Å². The van der Waals surface area contributed by atoms with Crippen LogP contribution >= 0.6 is 0 Å². The predicted molar refractivity (Wildman–Crippen MR) is 70.6 cm³/mol. The molecule has 1 aromatic carbocycles. The van der Waals surface area contributed by atoms with Gasteiger partial charge in [-0.3, -0.25) is 4.79 Å².